The van der Waals surface area contributed by atoms with Gasteiger partial charge in [0.05, 0.1) is 0 Å². The quantitative estimate of drug-likeness (QED) is 0.759. The molecule has 2 rings (SSSR count). The number of para-hydroxylation sites is 1. The van der Waals surface area contributed by atoms with Gasteiger partial charge in [0.2, 0.25) is 0 Å². The van der Waals surface area contributed by atoms with Gasteiger partial charge in [0.15, 0.2) is 0 Å². The van der Waals surface area contributed by atoms with Crippen molar-refractivity contribution in [3.8, 4) is 5.75 Å². The molecule has 0 fully saturated rings. The van der Waals surface area contributed by atoms with Crippen molar-refractivity contribution in [3.05, 3.63) is 65.5 Å². The van der Waals surface area contributed by atoms with Crippen LogP contribution in [0.1, 0.15) is 24.5 Å². The zero-order chi connectivity index (χ0) is 17.4. The van der Waals surface area contributed by atoms with Crippen molar-refractivity contribution in [2.75, 3.05) is 19.7 Å². The summed E-state index contributed by atoms with van der Waals surface area (Å²) >= 11 is 0. The molecule has 0 aliphatic carbocycles. The van der Waals surface area contributed by atoms with Crippen LogP contribution in [0.2, 0.25) is 0 Å². The Kier molecular flexibility index (Phi) is 7.22. The average molecular weight is 331 g/mol. The molecule has 24 heavy (non-hydrogen) atoms. The topological polar surface area (TPSA) is 32.7 Å². The minimum atomic E-state index is -0.573. The van der Waals surface area contributed by atoms with E-state index < -0.39 is 6.10 Å². The molecule has 4 heteroatoms. The molecule has 0 saturated heterocycles. The number of rotatable bonds is 9. The van der Waals surface area contributed by atoms with Gasteiger partial charge in [-0.3, -0.25) is 4.90 Å². The standard InChI is InChI=1S/C20H26FNO2/c1-3-12-22(13-17-8-10-18(21)11-9-17)14-19(23)15-24-20-7-5-4-6-16(20)2/h4-11,19,23H,3,12-15H2,1-2H3/t19-/m1/s1. The average Bonchev–Trinajstić information content (AvgIpc) is 2.56. The number of aryl methyl sites for hydroxylation is 1. The molecule has 2 aromatic rings. The number of nitrogens with zero attached hydrogens (tertiary/aromatic N) is 1. The first-order chi connectivity index (χ1) is 11.6. The molecule has 0 saturated carbocycles. The van der Waals surface area contributed by atoms with Gasteiger partial charge in [0.1, 0.15) is 24.3 Å². The Hall–Kier alpha value is -1.91. The molecule has 0 radical (unpaired) electrons. The molecule has 0 aromatic heterocycles. The second-order valence-corrected chi connectivity index (χ2v) is 6.09. The molecule has 1 atom stereocenters. The van der Waals surface area contributed by atoms with E-state index in [9.17, 15) is 9.50 Å². The van der Waals surface area contributed by atoms with Crippen LogP contribution in [0.25, 0.3) is 0 Å². The molecule has 130 valence electrons. The summed E-state index contributed by atoms with van der Waals surface area (Å²) < 4.78 is 18.7. The van der Waals surface area contributed by atoms with Crippen LogP contribution < -0.4 is 4.74 Å². The molecule has 0 bridgehead atoms. The Bertz CT molecular complexity index is 615. The Morgan fingerprint density at radius 1 is 1.12 bits per heavy atom. The van der Waals surface area contributed by atoms with E-state index in [-0.39, 0.29) is 12.4 Å². The lowest BCUT2D eigenvalue weighted by Crippen LogP contribution is -2.35. The van der Waals surface area contributed by atoms with Crippen LogP contribution in [-0.2, 0) is 6.54 Å². The van der Waals surface area contributed by atoms with E-state index in [1.807, 2.05) is 31.2 Å². The lowest BCUT2D eigenvalue weighted by molar-refractivity contribution is 0.0653. The Morgan fingerprint density at radius 3 is 2.50 bits per heavy atom. The fourth-order valence-corrected chi connectivity index (χ4v) is 2.65. The predicted octanol–water partition coefficient (Wildman–Crippen LogP) is 3.79. The summed E-state index contributed by atoms with van der Waals surface area (Å²) in [6.45, 7) is 6.44. The smallest absolute Gasteiger partial charge is 0.123 e. The van der Waals surface area contributed by atoms with E-state index in [2.05, 4.69) is 11.8 Å². The van der Waals surface area contributed by atoms with Crippen LogP contribution >= 0.6 is 0 Å². The molecule has 2 aromatic carbocycles. The Labute approximate surface area is 143 Å². The molecular formula is C20H26FNO2. The summed E-state index contributed by atoms with van der Waals surface area (Å²) in [5.74, 6) is 0.574. The molecule has 0 aliphatic rings. The second kappa shape index (κ2) is 9.40. The summed E-state index contributed by atoms with van der Waals surface area (Å²) in [5.41, 5.74) is 2.10. The SMILES string of the molecule is CCCN(Cc1ccc(F)cc1)C[C@@H](O)COc1ccccc1C. The normalized spacial score (nSPS) is 12.4. The van der Waals surface area contributed by atoms with Crippen LogP contribution in [0.4, 0.5) is 4.39 Å². The highest BCUT2D eigenvalue weighted by Crippen LogP contribution is 2.16. The van der Waals surface area contributed by atoms with E-state index in [0.717, 1.165) is 29.8 Å². The lowest BCUT2D eigenvalue weighted by atomic mass is 10.2. The molecule has 0 unspecified atom stereocenters. The zero-order valence-corrected chi connectivity index (χ0v) is 14.4. The van der Waals surface area contributed by atoms with Crippen LogP contribution in [-0.4, -0.2) is 35.8 Å². The molecule has 0 heterocycles. The van der Waals surface area contributed by atoms with Crippen molar-refractivity contribution in [1.82, 2.24) is 4.90 Å². The van der Waals surface area contributed by atoms with Crippen molar-refractivity contribution in [3.63, 3.8) is 0 Å². The van der Waals surface area contributed by atoms with Gasteiger partial charge in [0, 0.05) is 13.1 Å². The molecule has 3 nitrogen and oxygen atoms in total. The van der Waals surface area contributed by atoms with E-state index in [1.54, 1.807) is 12.1 Å². The molecule has 1 N–H and O–H groups in total. The number of aliphatic hydroxyl groups is 1. The van der Waals surface area contributed by atoms with Crippen LogP contribution in [0.5, 0.6) is 5.75 Å². The van der Waals surface area contributed by atoms with Crippen molar-refractivity contribution >= 4 is 0 Å². The maximum Gasteiger partial charge on any atom is 0.123 e. The first kappa shape index (κ1) is 18.4. The van der Waals surface area contributed by atoms with Gasteiger partial charge >= 0.3 is 0 Å². The highest BCUT2D eigenvalue weighted by Gasteiger charge is 2.13. The Balaban J connectivity index is 1.87. The highest BCUT2D eigenvalue weighted by molar-refractivity contribution is 5.31. The number of aliphatic hydroxyl groups excluding tert-OH is 1. The third-order valence-electron chi connectivity index (χ3n) is 3.85. The molecule has 0 spiro atoms. The van der Waals surface area contributed by atoms with Crippen molar-refractivity contribution in [2.24, 2.45) is 0 Å². The summed E-state index contributed by atoms with van der Waals surface area (Å²) in [6, 6.07) is 14.3. The van der Waals surface area contributed by atoms with E-state index in [1.165, 1.54) is 12.1 Å². The first-order valence-corrected chi connectivity index (χ1v) is 8.41. The van der Waals surface area contributed by atoms with Gasteiger partial charge in [-0.1, -0.05) is 37.3 Å². The number of hydrogen-bond acceptors (Lipinski definition) is 3. The highest BCUT2D eigenvalue weighted by atomic mass is 19.1. The number of hydrogen-bond donors (Lipinski definition) is 1. The van der Waals surface area contributed by atoms with Crippen LogP contribution in [0.3, 0.4) is 0 Å². The Morgan fingerprint density at radius 2 is 1.83 bits per heavy atom. The third kappa shape index (κ3) is 5.95. The maximum atomic E-state index is 13.0. The van der Waals surface area contributed by atoms with Gasteiger partial charge < -0.3 is 9.84 Å². The van der Waals surface area contributed by atoms with E-state index in [4.69, 9.17) is 4.74 Å². The van der Waals surface area contributed by atoms with Crippen molar-refractivity contribution < 1.29 is 14.2 Å². The number of ether oxygens (including phenoxy) is 1. The van der Waals surface area contributed by atoms with Gasteiger partial charge in [-0.25, -0.2) is 4.39 Å². The lowest BCUT2D eigenvalue weighted by Gasteiger charge is -2.25. The predicted molar refractivity (Wildman–Crippen MR) is 94.6 cm³/mol. The van der Waals surface area contributed by atoms with Gasteiger partial charge in [0.25, 0.3) is 0 Å². The van der Waals surface area contributed by atoms with Gasteiger partial charge in [-0.15, -0.1) is 0 Å². The number of halogens is 1. The van der Waals surface area contributed by atoms with Gasteiger partial charge in [-0.2, -0.15) is 0 Å². The first-order valence-electron chi connectivity index (χ1n) is 8.41. The monoisotopic (exact) mass is 331 g/mol. The molecule has 0 amide bonds. The summed E-state index contributed by atoms with van der Waals surface area (Å²) in [7, 11) is 0. The van der Waals surface area contributed by atoms with Crippen molar-refractivity contribution in [2.45, 2.75) is 32.9 Å². The summed E-state index contributed by atoms with van der Waals surface area (Å²) in [4.78, 5) is 2.17. The minimum absolute atomic E-state index is 0.229. The fourth-order valence-electron chi connectivity index (χ4n) is 2.65. The third-order valence-corrected chi connectivity index (χ3v) is 3.85. The van der Waals surface area contributed by atoms with Crippen molar-refractivity contribution in [1.29, 1.82) is 0 Å². The zero-order valence-electron chi connectivity index (χ0n) is 14.4. The van der Waals surface area contributed by atoms with Crippen LogP contribution in [0, 0.1) is 12.7 Å². The summed E-state index contributed by atoms with van der Waals surface area (Å²) in [6.07, 6.45) is 0.420. The van der Waals surface area contributed by atoms with Gasteiger partial charge in [-0.05, 0) is 49.2 Å². The minimum Gasteiger partial charge on any atom is -0.491 e. The second-order valence-electron chi connectivity index (χ2n) is 6.09. The largest absolute Gasteiger partial charge is 0.491 e. The fraction of sp³-hybridized carbons (Fsp3) is 0.400. The van der Waals surface area contributed by atoms with E-state index in [0.29, 0.717) is 13.1 Å². The summed E-state index contributed by atoms with van der Waals surface area (Å²) in [5, 5.41) is 10.3. The van der Waals surface area contributed by atoms with Crippen LogP contribution in [0.15, 0.2) is 48.5 Å². The number of benzene rings is 2. The molecule has 0 aliphatic heterocycles. The van der Waals surface area contributed by atoms with E-state index >= 15 is 0 Å². The maximum absolute atomic E-state index is 13.0. The molecular weight excluding hydrogens is 305 g/mol.